The van der Waals surface area contributed by atoms with E-state index < -0.39 is 14.5 Å². The van der Waals surface area contributed by atoms with E-state index in [4.69, 9.17) is 14.0 Å². The van der Waals surface area contributed by atoms with Crippen LogP contribution in [0.1, 0.15) is 43.6 Å². The fourth-order valence-electron chi connectivity index (χ4n) is 2.70. The van der Waals surface area contributed by atoms with Crippen LogP contribution in [0.5, 0.6) is 0 Å². The lowest BCUT2D eigenvalue weighted by Gasteiger charge is -2.31. The molecule has 1 rings (SSSR count). The molecule has 5 heteroatoms. The maximum atomic E-state index is 10.9. The van der Waals surface area contributed by atoms with Crippen molar-refractivity contribution in [2.45, 2.75) is 46.2 Å². The molecule has 0 heterocycles. The van der Waals surface area contributed by atoms with Gasteiger partial charge in [-0.2, -0.15) is 0 Å². The highest BCUT2D eigenvalue weighted by Gasteiger charge is 2.37. The number of carboxylic acids is 1. The van der Waals surface area contributed by atoms with E-state index in [2.05, 4.69) is 13.8 Å². The van der Waals surface area contributed by atoms with E-state index in [0.717, 1.165) is 24.1 Å². The van der Waals surface area contributed by atoms with Crippen molar-refractivity contribution in [1.82, 2.24) is 0 Å². The Bertz CT molecular complexity index is 450. The van der Waals surface area contributed by atoms with E-state index in [1.54, 1.807) is 12.1 Å². The lowest BCUT2D eigenvalue weighted by Crippen LogP contribution is -2.43. The fraction of sp³-hybridized carbons (Fsp3) is 0.588. The normalized spacial score (nSPS) is 11.9. The Balaban J connectivity index is 2.78. The summed E-state index contributed by atoms with van der Waals surface area (Å²) < 4.78 is 12.2. The Morgan fingerprint density at radius 1 is 1.14 bits per heavy atom. The highest BCUT2D eigenvalue weighted by Crippen LogP contribution is 2.26. The van der Waals surface area contributed by atoms with E-state index in [0.29, 0.717) is 24.7 Å². The Kier molecular flexibility index (Phi) is 7.79. The minimum Gasteiger partial charge on any atom is -0.478 e. The molecule has 0 saturated carbocycles. The van der Waals surface area contributed by atoms with Crippen LogP contribution in [0.25, 0.3) is 0 Å². The second kappa shape index (κ2) is 9.08. The number of aryl methyl sites for hydroxylation is 1. The van der Waals surface area contributed by atoms with Crippen molar-refractivity contribution in [1.29, 1.82) is 0 Å². The molecule has 0 aliphatic carbocycles. The summed E-state index contributed by atoms with van der Waals surface area (Å²) in [4.78, 5) is 10.9. The number of rotatable bonds is 10. The molecule has 1 N–H and O–H groups in total. The van der Waals surface area contributed by atoms with Gasteiger partial charge >= 0.3 is 14.5 Å². The fourth-order valence-corrected chi connectivity index (χ4v) is 6.48. The van der Waals surface area contributed by atoms with Crippen molar-refractivity contribution in [2.24, 2.45) is 5.92 Å². The highest BCUT2D eigenvalue weighted by atomic mass is 28.4. The van der Waals surface area contributed by atoms with Gasteiger partial charge in [-0.25, -0.2) is 4.79 Å². The van der Waals surface area contributed by atoms with Gasteiger partial charge < -0.3 is 14.0 Å². The molecule has 124 valence electrons. The van der Waals surface area contributed by atoms with Crippen LogP contribution in [-0.4, -0.2) is 32.9 Å². The molecular formula is C17H28O4Si. The van der Waals surface area contributed by atoms with Crippen molar-refractivity contribution >= 4 is 14.5 Å². The number of aromatic carboxylic acids is 1. The van der Waals surface area contributed by atoms with Crippen LogP contribution in [0.3, 0.4) is 0 Å². The van der Waals surface area contributed by atoms with Gasteiger partial charge in [-0.05, 0) is 56.0 Å². The second-order valence-electron chi connectivity index (χ2n) is 5.88. The summed E-state index contributed by atoms with van der Waals surface area (Å²) in [7, 11) is -2.19. The number of hydrogen-bond donors (Lipinski definition) is 1. The van der Waals surface area contributed by atoms with Gasteiger partial charge in [0.2, 0.25) is 0 Å². The first-order valence-corrected chi connectivity index (χ1v) is 10.3. The maximum absolute atomic E-state index is 10.9. The minimum atomic E-state index is -2.19. The van der Waals surface area contributed by atoms with E-state index in [1.807, 2.05) is 26.0 Å². The minimum absolute atomic E-state index is 0.323. The quantitative estimate of drug-likeness (QED) is 0.658. The lowest BCUT2D eigenvalue weighted by atomic mass is 10.1. The van der Waals surface area contributed by atoms with Gasteiger partial charge in [-0.15, -0.1) is 0 Å². The van der Waals surface area contributed by atoms with Gasteiger partial charge in [-0.3, -0.25) is 0 Å². The molecule has 0 bridgehead atoms. The van der Waals surface area contributed by atoms with Crippen LogP contribution >= 0.6 is 0 Å². The Morgan fingerprint density at radius 2 is 1.68 bits per heavy atom. The SMILES string of the molecule is CCO[Si](CCc1ccc(C(=O)O)cc1)(CC(C)C)OCC. The molecule has 4 nitrogen and oxygen atoms in total. The molecule has 0 radical (unpaired) electrons. The molecule has 0 aromatic heterocycles. The summed E-state index contributed by atoms with van der Waals surface area (Å²) in [6.45, 7) is 9.78. The topological polar surface area (TPSA) is 55.8 Å². The molecule has 0 aliphatic rings. The molecule has 0 fully saturated rings. The second-order valence-corrected chi connectivity index (χ2v) is 9.18. The number of benzene rings is 1. The third-order valence-electron chi connectivity index (χ3n) is 3.53. The van der Waals surface area contributed by atoms with Gasteiger partial charge in [0.05, 0.1) is 5.56 Å². The monoisotopic (exact) mass is 324 g/mol. The standard InChI is InChI=1S/C17H28O4Si/c1-5-20-22(21-6-2,13-14(3)4)12-11-15-7-9-16(10-8-15)17(18)19/h7-10,14H,5-6,11-13H2,1-4H3,(H,18,19). The van der Waals surface area contributed by atoms with Gasteiger partial charge in [0.15, 0.2) is 0 Å². The molecular weight excluding hydrogens is 296 g/mol. The van der Waals surface area contributed by atoms with Crippen LogP contribution in [-0.2, 0) is 15.3 Å². The van der Waals surface area contributed by atoms with Crippen LogP contribution in [0, 0.1) is 5.92 Å². The van der Waals surface area contributed by atoms with Crippen molar-refractivity contribution in [3.8, 4) is 0 Å². The largest absolute Gasteiger partial charge is 0.478 e. The average molecular weight is 324 g/mol. The van der Waals surface area contributed by atoms with Crippen LogP contribution in [0.2, 0.25) is 12.1 Å². The summed E-state index contributed by atoms with van der Waals surface area (Å²) in [5.41, 5.74) is 1.45. The Morgan fingerprint density at radius 3 is 2.09 bits per heavy atom. The zero-order valence-corrected chi connectivity index (χ0v) is 15.1. The number of carboxylic acid groups (broad SMARTS) is 1. The van der Waals surface area contributed by atoms with Crippen LogP contribution < -0.4 is 0 Å². The third kappa shape index (κ3) is 5.91. The first kappa shape index (κ1) is 18.9. The van der Waals surface area contributed by atoms with E-state index in [9.17, 15) is 4.79 Å². The van der Waals surface area contributed by atoms with Crippen LogP contribution in [0.15, 0.2) is 24.3 Å². The van der Waals surface area contributed by atoms with Gasteiger partial charge in [0.1, 0.15) is 0 Å². The number of carbonyl (C=O) groups is 1. The van der Waals surface area contributed by atoms with Crippen molar-refractivity contribution < 1.29 is 18.8 Å². The molecule has 0 aliphatic heterocycles. The first-order chi connectivity index (χ1) is 10.4. The van der Waals surface area contributed by atoms with E-state index >= 15 is 0 Å². The summed E-state index contributed by atoms with van der Waals surface area (Å²) in [6.07, 6.45) is 0.860. The highest BCUT2D eigenvalue weighted by molar-refractivity contribution is 6.67. The predicted octanol–water partition coefficient (Wildman–Crippen LogP) is 4.10. The summed E-state index contributed by atoms with van der Waals surface area (Å²) in [5, 5.41) is 8.94. The third-order valence-corrected chi connectivity index (χ3v) is 7.61. The maximum Gasteiger partial charge on any atom is 0.338 e. The Hall–Kier alpha value is -1.17. The summed E-state index contributed by atoms with van der Waals surface area (Å²) >= 11 is 0. The summed E-state index contributed by atoms with van der Waals surface area (Å²) in [5.74, 6) is -0.349. The molecule has 0 atom stereocenters. The molecule has 0 amide bonds. The zero-order chi connectivity index (χ0) is 16.6. The molecule has 22 heavy (non-hydrogen) atoms. The molecule has 0 unspecified atom stereocenters. The molecule has 1 aromatic carbocycles. The Labute approximate surface area is 134 Å². The van der Waals surface area contributed by atoms with E-state index in [1.165, 1.54) is 0 Å². The van der Waals surface area contributed by atoms with Gasteiger partial charge in [0.25, 0.3) is 0 Å². The van der Waals surface area contributed by atoms with Gasteiger partial charge in [0, 0.05) is 13.2 Å². The number of hydrogen-bond acceptors (Lipinski definition) is 3. The van der Waals surface area contributed by atoms with Crippen molar-refractivity contribution in [3.05, 3.63) is 35.4 Å². The van der Waals surface area contributed by atoms with Crippen molar-refractivity contribution in [2.75, 3.05) is 13.2 Å². The molecule has 0 spiro atoms. The molecule has 1 aromatic rings. The molecule has 0 saturated heterocycles. The first-order valence-electron chi connectivity index (χ1n) is 8.02. The van der Waals surface area contributed by atoms with Crippen molar-refractivity contribution in [3.63, 3.8) is 0 Å². The van der Waals surface area contributed by atoms with Crippen LogP contribution in [0.4, 0.5) is 0 Å². The predicted molar refractivity (Wildman–Crippen MR) is 90.6 cm³/mol. The lowest BCUT2D eigenvalue weighted by molar-refractivity contribution is 0.0697. The zero-order valence-electron chi connectivity index (χ0n) is 14.1. The smallest absolute Gasteiger partial charge is 0.338 e. The summed E-state index contributed by atoms with van der Waals surface area (Å²) in [6, 6.07) is 8.97. The average Bonchev–Trinajstić information content (AvgIpc) is 2.45. The van der Waals surface area contributed by atoms with Gasteiger partial charge in [-0.1, -0.05) is 26.0 Å². The van der Waals surface area contributed by atoms with E-state index in [-0.39, 0.29) is 0 Å².